The van der Waals surface area contributed by atoms with Gasteiger partial charge in [0, 0.05) is 31.0 Å². The molecule has 1 saturated heterocycles. The number of carbonyl (C=O) groups excluding carboxylic acids is 1. The number of amides is 1. The predicted molar refractivity (Wildman–Crippen MR) is 69.3 cm³/mol. The van der Waals surface area contributed by atoms with Gasteiger partial charge in [-0.3, -0.25) is 4.79 Å². The molecular formula is C12H16N2O3S. The van der Waals surface area contributed by atoms with Gasteiger partial charge in [-0.25, -0.2) is 4.98 Å². The van der Waals surface area contributed by atoms with Gasteiger partial charge >= 0.3 is 0 Å². The number of rotatable bonds is 4. The summed E-state index contributed by atoms with van der Waals surface area (Å²) in [6.07, 6.45) is 3.64. The summed E-state index contributed by atoms with van der Waals surface area (Å²) in [5, 5.41) is 15.5. The van der Waals surface area contributed by atoms with Crippen molar-refractivity contribution < 1.29 is 14.6 Å². The lowest BCUT2D eigenvalue weighted by Crippen LogP contribution is -2.42. The highest BCUT2D eigenvalue weighted by Crippen LogP contribution is 2.16. The highest BCUT2D eigenvalue weighted by molar-refractivity contribution is 7.09. The summed E-state index contributed by atoms with van der Waals surface area (Å²) in [6, 6.07) is 0. The van der Waals surface area contributed by atoms with Gasteiger partial charge < -0.3 is 15.2 Å². The van der Waals surface area contributed by atoms with Gasteiger partial charge in [0.15, 0.2) is 0 Å². The van der Waals surface area contributed by atoms with Gasteiger partial charge in [0.05, 0.1) is 17.3 Å². The third-order valence-electron chi connectivity index (χ3n) is 2.72. The molecular weight excluding hydrogens is 252 g/mol. The Hall–Kier alpha value is -1.24. The first-order valence-electron chi connectivity index (χ1n) is 5.76. The van der Waals surface area contributed by atoms with Crippen LogP contribution in [0, 0.1) is 6.92 Å². The molecule has 0 spiro atoms. The first kappa shape index (κ1) is 13.2. The Morgan fingerprint density at radius 1 is 1.78 bits per heavy atom. The molecule has 98 valence electrons. The van der Waals surface area contributed by atoms with Crippen LogP contribution < -0.4 is 5.32 Å². The van der Waals surface area contributed by atoms with E-state index in [9.17, 15) is 9.90 Å². The molecule has 2 rings (SSSR count). The summed E-state index contributed by atoms with van der Waals surface area (Å²) in [7, 11) is 0. The topological polar surface area (TPSA) is 71.5 Å². The molecule has 6 heteroatoms. The molecule has 0 aromatic carbocycles. The van der Waals surface area contributed by atoms with Gasteiger partial charge in [0.25, 0.3) is 0 Å². The molecule has 0 radical (unpaired) electrons. The Labute approximate surface area is 109 Å². The van der Waals surface area contributed by atoms with Crippen molar-refractivity contribution in [3.05, 3.63) is 22.2 Å². The molecule has 1 unspecified atom stereocenters. The van der Waals surface area contributed by atoms with Crippen LogP contribution >= 0.6 is 11.3 Å². The van der Waals surface area contributed by atoms with Crippen LogP contribution in [0.3, 0.4) is 0 Å². The molecule has 18 heavy (non-hydrogen) atoms. The standard InChI is InChI=1S/C12H16N2O3S/c1-9-14-10(6-18-9)2-3-11(15)13-7-12(16)4-5-17-8-12/h2-3,6,16H,4-5,7-8H2,1H3,(H,13,15)/b3-2+. The Balaban J connectivity index is 1.80. The molecule has 1 aromatic heterocycles. The molecule has 1 amide bonds. The molecule has 1 fully saturated rings. The number of aromatic nitrogens is 1. The van der Waals surface area contributed by atoms with E-state index >= 15 is 0 Å². The van der Waals surface area contributed by atoms with Gasteiger partial charge in [0.1, 0.15) is 5.60 Å². The van der Waals surface area contributed by atoms with Gasteiger partial charge in [-0.05, 0) is 13.0 Å². The Morgan fingerprint density at radius 2 is 2.61 bits per heavy atom. The van der Waals surface area contributed by atoms with E-state index in [2.05, 4.69) is 10.3 Å². The fraction of sp³-hybridized carbons (Fsp3) is 0.500. The van der Waals surface area contributed by atoms with Crippen molar-refractivity contribution in [3.63, 3.8) is 0 Å². The monoisotopic (exact) mass is 268 g/mol. The summed E-state index contributed by atoms with van der Waals surface area (Å²) in [4.78, 5) is 15.8. The fourth-order valence-electron chi connectivity index (χ4n) is 1.66. The quantitative estimate of drug-likeness (QED) is 0.790. The van der Waals surface area contributed by atoms with Crippen molar-refractivity contribution in [1.82, 2.24) is 10.3 Å². The Bertz CT molecular complexity index is 450. The molecule has 1 aliphatic heterocycles. The zero-order valence-corrected chi connectivity index (χ0v) is 11.0. The van der Waals surface area contributed by atoms with E-state index in [0.717, 1.165) is 10.7 Å². The fourth-order valence-corrected chi connectivity index (χ4v) is 2.24. The Kier molecular flexibility index (Phi) is 4.11. The average Bonchev–Trinajstić information content (AvgIpc) is 2.94. The molecule has 0 aliphatic carbocycles. The number of hydrogen-bond donors (Lipinski definition) is 2. The van der Waals surface area contributed by atoms with E-state index in [0.29, 0.717) is 13.0 Å². The molecule has 0 bridgehead atoms. The summed E-state index contributed by atoms with van der Waals surface area (Å²) >= 11 is 1.54. The zero-order chi connectivity index (χ0) is 13.0. The molecule has 1 atom stereocenters. The number of aliphatic hydroxyl groups is 1. The van der Waals surface area contributed by atoms with Crippen molar-refractivity contribution in [2.45, 2.75) is 18.9 Å². The minimum atomic E-state index is -0.916. The molecule has 1 aliphatic rings. The second-order valence-corrected chi connectivity index (χ2v) is 5.43. The molecule has 1 aromatic rings. The smallest absolute Gasteiger partial charge is 0.244 e. The van der Waals surface area contributed by atoms with Gasteiger partial charge in [0.2, 0.25) is 5.91 Å². The predicted octanol–water partition coefficient (Wildman–Crippen LogP) is 0.732. The minimum absolute atomic E-state index is 0.215. The van der Waals surface area contributed by atoms with E-state index in [1.54, 1.807) is 6.08 Å². The zero-order valence-electron chi connectivity index (χ0n) is 10.2. The lowest BCUT2D eigenvalue weighted by Gasteiger charge is -2.19. The van der Waals surface area contributed by atoms with Crippen molar-refractivity contribution in [1.29, 1.82) is 0 Å². The molecule has 5 nitrogen and oxygen atoms in total. The van der Waals surface area contributed by atoms with E-state index in [1.165, 1.54) is 17.4 Å². The van der Waals surface area contributed by atoms with Crippen LogP contribution in [0.1, 0.15) is 17.1 Å². The van der Waals surface area contributed by atoms with Gasteiger partial charge in [-0.15, -0.1) is 11.3 Å². The second kappa shape index (κ2) is 5.60. The lowest BCUT2D eigenvalue weighted by atomic mass is 10.0. The van der Waals surface area contributed by atoms with Crippen LogP contribution in [-0.4, -0.2) is 41.4 Å². The number of nitrogens with one attached hydrogen (secondary N) is 1. The van der Waals surface area contributed by atoms with Crippen LogP contribution in [0.4, 0.5) is 0 Å². The number of hydrogen-bond acceptors (Lipinski definition) is 5. The lowest BCUT2D eigenvalue weighted by molar-refractivity contribution is -0.117. The second-order valence-electron chi connectivity index (χ2n) is 4.37. The molecule has 2 N–H and O–H groups in total. The van der Waals surface area contributed by atoms with Crippen LogP contribution in [0.25, 0.3) is 6.08 Å². The number of aryl methyl sites for hydroxylation is 1. The first-order valence-corrected chi connectivity index (χ1v) is 6.64. The summed E-state index contributed by atoms with van der Waals surface area (Å²) < 4.78 is 5.10. The molecule has 0 saturated carbocycles. The van der Waals surface area contributed by atoms with E-state index in [1.807, 2.05) is 12.3 Å². The normalized spacial score (nSPS) is 23.7. The first-order chi connectivity index (χ1) is 8.57. The van der Waals surface area contributed by atoms with Crippen LogP contribution in [-0.2, 0) is 9.53 Å². The Morgan fingerprint density at radius 3 is 3.22 bits per heavy atom. The number of nitrogens with zero attached hydrogens (tertiary/aromatic N) is 1. The molecule has 2 heterocycles. The maximum atomic E-state index is 11.5. The maximum absolute atomic E-state index is 11.5. The minimum Gasteiger partial charge on any atom is -0.386 e. The van der Waals surface area contributed by atoms with Crippen molar-refractivity contribution >= 4 is 23.3 Å². The average molecular weight is 268 g/mol. The van der Waals surface area contributed by atoms with Crippen LogP contribution in [0.15, 0.2) is 11.5 Å². The largest absolute Gasteiger partial charge is 0.386 e. The highest BCUT2D eigenvalue weighted by Gasteiger charge is 2.32. The number of ether oxygens (including phenoxy) is 1. The number of carbonyl (C=O) groups is 1. The highest BCUT2D eigenvalue weighted by atomic mass is 32.1. The van der Waals surface area contributed by atoms with Crippen molar-refractivity contribution in [2.24, 2.45) is 0 Å². The van der Waals surface area contributed by atoms with Crippen molar-refractivity contribution in [3.8, 4) is 0 Å². The summed E-state index contributed by atoms with van der Waals surface area (Å²) in [5.41, 5.74) is -0.142. The van der Waals surface area contributed by atoms with Crippen LogP contribution in [0.2, 0.25) is 0 Å². The van der Waals surface area contributed by atoms with Gasteiger partial charge in [-0.1, -0.05) is 0 Å². The van der Waals surface area contributed by atoms with Crippen molar-refractivity contribution in [2.75, 3.05) is 19.8 Å². The third-order valence-corrected chi connectivity index (χ3v) is 3.51. The number of thiazole rings is 1. The van der Waals surface area contributed by atoms with E-state index < -0.39 is 5.60 Å². The summed E-state index contributed by atoms with van der Waals surface area (Å²) in [6.45, 7) is 2.95. The van der Waals surface area contributed by atoms with Gasteiger partial charge in [-0.2, -0.15) is 0 Å². The SMILES string of the molecule is Cc1nc(/C=C/C(=O)NCC2(O)CCOC2)cs1. The van der Waals surface area contributed by atoms with E-state index in [4.69, 9.17) is 4.74 Å². The van der Waals surface area contributed by atoms with E-state index in [-0.39, 0.29) is 19.1 Å². The maximum Gasteiger partial charge on any atom is 0.244 e. The summed E-state index contributed by atoms with van der Waals surface area (Å²) in [5.74, 6) is -0.235. The van der Waals surface area contributed by atoms with Crippen LogP contribution in [0.5, 0.6) is 0 Å². The third kappa shape index (κ3) is 3.63.